The van der Waals surface area contributed by atoms with Crippen molar-refractivity contribution in [3.63, 3.8) is 0 Å². The Kier molecular flexibility index (Phi) is 2.60. The van der Waals surface area contributed by atoms with E-state index in [1.54, 1.807) is 24.3 Å². The van der Waals surface area contributed by atoms with Gasteiger partial charge in [-0.2, -0.15) is 0 Å². The molecule has 2 rings (SSSR count). The van der Waals surface area contributed by atoms with Gasteiger partial charge in [0.2, 0.25) is 0 Å². The highest BCUT2D eigenvalue weighted by atomic mass is 16.2. The predicted octanol–water partition coefficient (Wildman–Crippen LogP) is 2.25. The van der Waals surface area contributed by atoms with E-state index in [1.807, 2.05) is 19.9 Å². The number of amides is 2. The molecule has 16 heavy (non-hydrogen) atoms. The average Bonchev–Trinajstić information content (AvgIpc) is 2.55. The molecular formula is C13H13NO2. The predicted molar refractivity (Wildman–Crippen MR) is 61.2 cm³/mol. The third kappa shape index (κ3) is 1.54. The van der Waals surface area contributed by atoms with Crippen molar-refractivity contribution >= 4 is 11.8 Å². The molecule has 0 saturated carbocycles. The van der Waals surface area contributed by atoms with Crippen molar-refractivity contribution in [1.82, 2.24) is 4.90 Å². The molecular weight excluding hydrogens is 202 g/mol. The summed E-state index contributed by atoms with van der Waals surface area (Å²) in [5.74, 6) is -0.386. The Hall–Kier alpha value is -1.90. The van der Waals surface area contributed by atoms with E-state index in [2.05, 4.69) is 0 Å². The third-order valence-corrected chi connectivity index (χ3v) is 2.78. The number of benzene rings is 1. The zero-order chi connectivity index (χ0) is 11.7. The number of hydrogen-bond acceptors (Lipinski definition) is 2. The Morgan fingerprint density at radius 1 is 1.19 bits per heavy atom. The van der Waals surface area contributed by atoms with Gasteiger partial charge >= 0.3 is 0 Å². The monoisotopic (exact) mass is 215 g/mol. The zero-order valence-corrected chi connectivity index (χ0v) is 9.36. The molecule has 1 aliphatic heterocycles. The molecule has 82 valence electrons. The first kappa shape index (κ1) is 10.6. The summed E-state index contributed by atoms with van der Waals surface area (Å²) in [5.41, 5.74) is 2.03. The molecule has 1 heterocycles. The Bertz CT molecular complexity index is 453. The molecule has 2 amide bonds. The summed E-state index contributed by atoms with van der Waals surface area (Å²) >= 11 is 0. The van der Waals surface area contributed by atoms with Crippen molar-refractivity contribution in [1.29, 1.82) is 0 Å². The van der Waals surface area contributed by atoms with Crippen molar-refractivity contribution in [2.45, 2.75) is 13.8 Å². The second-order valence-corrected chi connectivity index (χ2v) is 3.88. The van der Waals surface area contributed by atoms with Crippen molar-refractivity contribution < 1.29 is 9.59 Å². The minimum atomic E-state index is -0.193. The molecule has 0 N–H and O–H groups in total. The standard InChI is InChI=1S/C13H13NO2/c1-3-9(2)8-14-12(15)10-6-4-5-7-11(10)13(14)16/h3-7H,8H2,1-2H3/b9-3+. The molecule has 0 atom stereocenters. The summed E-state index contributed by atoms with van der Waals surface area (Å²) in [6, 6.07) is 6.94. The molecule has 0 bridgehead atoms. The molecule has 0 aromatic heterocycles. The number of fused-ring (bicyclic) bond motifs is 1. The lowest BCUT2D eigenvalue weighted by Gasteiger charge is -2.13. The van der Waals surface area contributed by atoms with Gasteiger partial charge < -0.3 is 0 Å². The van der Waals surface area contributed by atoms with Crippen LogP contribution in [-0.2, 0) is 0 Å². The average molecular weight is 215 g/mol. The maximum atomic E-state index is 11.9. The van der Waals surface area contributed by atoms with Gasteiger partial charge in [-0.15, -0.1) is 0 Å². The van der Waals surface area contributed by atoms with Gasteiger partial charge in [-0.3, -0.25) is 14.5 Å². The van der Waals surface area contributed by atoms with E-state index in [1.165, 1.54) is 4.90 Å². The van der Waals surface area contributed by atoms with E-state index in [9.17, 15) is 9.59 Å². The van der Waals surface area contributed by atoms with E-state index in [-0.39, 0.29) is 11.8 Å². The summed E-state index contributed by atoms with van der Waals surface area (Å²) in [5, 5.41) is 0. The van der Waals surface area contributed by atoms with Crippen molar-refractivity contribution in [3.05, 3.63) is 47.0 Å². The van der Waals surface area contributed by atoms with Crippen LogP contribution >= 0.6 is 0 Å². The Morgan fingerprint density at radius 2 is 1.69 bits per heavy atom. The van der Waals surface area contributed by atoms with Crippen LogP contribution in [0.1, 0.15) is 34.6 Å². The number of carbonyl (C=O) groups excluding carboxylic acids is 2. The molecule has 0 unspecified atom stereocenters. The molecule has 1 aromatic carbocycles. The van der Waals surface area contributed by atoms with E-state index in [0.29, 0.717) is 17.7 Å². The molecule has 0 radical (unpaired) electrons. The quantitative estimate of drug-likeness (QED) is 0.560. The van der Waals surface area contributed by atoms with Gasteiger partial charge in [0.05, 0.1) is 11.1 Å². The first-order valence-corrected chi connectivity index (χ1v) is 5.22. The smallest absolute Gasteiger partial charge is 0.261 e. The molecule has 0 aliphatic carbocycles. The van der Waals surface area contributed by atoms with E-state index in [4.69, 9.17) is 0 Å². The Morgan fingerprint density at radius 3 is 2.12 bits per heavy atom. The summed E-state index contributed by atoms with van der Waals surface area (Å²) in [6.07, 6.45) is 1.91. The van der Waals surface area contributed by atoms with Crippen LogP contribution in [-0.4, -0.2) is 23.3 Å². The summed E-state index contributed by atoms with van der Waals surface area (Å²) in [6.45, 7) is 4.18. The van der Waals surface area contributed by atoms with Crippen LogP contribution in [0.15, 0.2) is 35.9 Å². The molecule has 0 spiro atoms. The molecule has 3 heteroatoms. The van der Waals surface area contributed by atoms with Crippen LogP contribution in [0.5, 0.6) is 0 Å². The van der Waals surface area contributed by atoms with Crippen LogP contribution in [0.25, 0.3) is 0 Å². The molecule has 0 saturated heterocycles. The topological polar surface area (TPSA) is 37.4 Å². The second kappa shape index (κ2) is 3.93. The first-order chi connectivity index (χ1) is 7.65. The minimum absolute atomic E-state index is 0.193. The van der Waals surface area contributed by atoms with Crippen LogP contribution in [0.4, 0.5) is 0 Å². The molecule has 0 fully saturated rings. The van der Waals surface area contributed by atoms with Gasteiger partial charge in [0.25, 0.3) is 11.8 Å². The highest BCUT2D eigenvalue weighted by Crippen LogP contribution is 2.22. The van der Waals surface area contributed by atoms with E-state index < -0.39 is 0 Å². The third-order valence-electron chi connectivity index (χ3n) is 2.78. The van der Waals surface area contributed by atoms with Crippen LogP contribution < -0.4 is 0 Å². The summed E-state index contributed by atoms with van der Waals surface area (Å²) in [4.78, 5) is 25.2. The summed E-state index contributed by atoms with van der Waals surface area (Å²) < 4.78 is 0. The molecule has 1 aromatic rings. The van der Waals surface area contributed by atoms with Gasteiger partial charge in [-0.25, -0.2) is 0 Å². The fourth-order valence-electron chi connectivity index (χ4n) is 1.72. The van der Waals surface area contributed by atoms with Gasteiger partial charge in [0.1, 0.15) is 0 Å². The number of allylic oxidation sites excluding steroid dienone is 1. The lowest BCUT2D eigenvalue weighted by atomic mass is 10.1. The Balaban J connectivity index is 2.35. The van der Waals surface area contributed by atoms with Crippen molar-refractivity contribution in [3.8, 4) is 0 Å². The first-order valence-electron chi connectivity index (χ1n) is 5.22. The highest BCUT2D eigenvalue weighted by molar-refractivity contribution is 6.21. The van der Waals surface area contributed by atoms with Crippen LogP contribution in [0, 0.1) is 0 Å². The number of imide groups is 1. The number of nitrogens with zero attached hydrogens (tertiary/aromatic N) is 1. The van der Waals surface area contributed by atoms with Crippen LogP contribution in [0.2, 0.25) is 0 Å². The molecule has 3 nitrogen and oxygen atoms in total. The second-order valence-electron chi connectivity index (χ2n) is 3.88. The van der Waals surface area contributed by atoms with Gasteiger partial charge in [-0.1, -0.05) is 23.8 Å². The normalized spacial score (nSPS) is 15.6. The number of hydrogen-bond donors (Lipinski definition) is 0. The maximum Gasteiger partial charge on any atom is 0.261 e. The SMILES string of the molecule is C/C=C(\C)CN1C(=O)c2ccccc2C1=O. The zero-order valence-electron chi connectivity index (χ0n) is 9.36. The van der Waals surface area contributed by atoms with Crippen molar-refractivity contribution in [2.24, 2.45) is 0 Å². The maximum absolute atomic E-state index is 11.9. The molecule has 1 aliphatic rings. The minimum Gasteiger partial charge on any atom is -0.270 e. The summed E-state index contributed by atoms with van der Waals surface area (Å²) in [7, 11) is 0. The Labute approximate surface area is 94.4 Å². The van der Waals surface area contributed by atoms with E-state index in [0.717, 1.165) is 5.57 Å². The largest absolute Gasteiger partial charge is 0.270 e. The highest BCUT2D eigenvalue weighted by Gasteiger charge is 2.34. The lowest BCUT2D eigenvalue weighted by molar-refractivity contribution is 0.0668. The fraction of sp³-hybridized carbons (Fsp3) is 0.231. The number of carbonyl (C=O) groups is 2. The number of rotatable bonds is 2. The van der Waals surface area contributed by atoms with Gasteiger partial charge in [0.15, 0.2) is 0 Å². The lowest BCUT2D eigenvalue weighted by Crippen LogP contribution is -2.31. The van der Waals surface area contributed by atoms with E-state index >= 15 is 0 Å². The van der Waals surface area contributed by atoms with Gasteiger partial charge in [-0.05, 0) is 26.0 Å². The van der Waals surface area contributed by atoms with Crippen LogP contribution in [0.3, 0.4) is 0 Å². The van der Waals surface area contributed by atoms with Crippen molar-refractivity contribution in [2.75, 3.05) is 6.54 Å². The van der Waals surface area contributed by atoms with Gasteiger partial charge in [0, 0.05) is 6.54 Å². The fourth-order valence-corrected chi connectivity index (χ4v) is 1.72.